The second-order valence-electron chi connectivity index (χ2n) is 6.02. The highest BCUT2D eigenvalue weighted by molar-refractivity contribution is 7.89. The summed E-state index contributed by atoms with van der Waals surface area (Å²) >= 11 is 12.0. The maximum atomic E-state index is 12.6. The second kappa shape index (κ2) is 6.26. The van der Waals surface area contributed by atoms with Crippen LogP contribution in [0, 0.1) is 0 Å². The van der Waals surface area contributed by atoms with E-state index in [9.17, 15) is 8.42 Å². The Bertz CT molecular complexity index is 648. The lowest BCUT2D eigenvalue weighted by atomic mass is 10.1. The SMILES string of the molecule is CN1CCN2C[C@@H](NS(=O)(=O)c3c(Cl)cccc3Cl)C[C@H]2C1. The van der Waals surface area contributed by atoms with E-state index in [2.05, 4.69) is 21.6 Å². The molecule has 3 rings (SSSR count). The van der Waals surface area contributed by atoms with Crippen LogP contribution in [0.5, 0.6) is 0 Å². The fourth-order valence-electron chi connectivity index (χ4n) is 3.30. The standard InChI is InChI=1S/C14H19Cl2N3O2S/c1-18-5-6-19-8-10(7-11(19)9-18)17-22(20,21)14-12(15)3-2-4-13(14)16/h2-4,10-11,17H,5-9H2,1H3/t10-,11-/m0/s1. The predicted octanol–water partition coefficient (Wildman–Crippen LogP) is 1.66. The molecule has 22 heavy (non-hydrogen) atoms. The summed E-state index contributed by atoms with van der Waals surface area (Å²) in [5, 5.41) is 0.297. The molecule has 0 aliphatic carbocycles. The molecule has 2 fully saturated rings. The van der Waals surface area contributed by atoms with Crippen molar-refractivity contribution in [1.29, 1.82) is 0 Å². The van der Waals surface area contributed by atoms with Crippen molar-refractivity contribution in [3.63, 3.8) is 0 Å². The number of sulfonamides is 1. The van der Waals surface area contributed by atoms with E-state index in [0.717, 1.165) is 32.6 Å². The quantitative estimate of drug-likeness (QED) is 0.887. The Labute approximate surface area is 141 Å². The first-order valence-electron chi connectivity index (χ1n) is 7.26. The van der Waals surface area contributed by atoms with E-state index in [-0.39, 0.29) is 21.0 Å². The van der Waals surface area contributed by atoms with Gasteiger partial charge in [-0.3, -0.25) is 4.90 Å². The first-order chi connectivity index (χ1) is 10.4. The van der Waals surface area contributed by atoms with Gasteiger partial charge in [-0.15, -0.1) is 0 Å². The number of hydrogen-bond donors (Lipinski definition) is 1. The van der Waals surface area contributed by atoms with Crippen molar-refractivity contribution >= 4 is 33.2 Å². The molecule has 2 aliphatic heterocycles. The van der Waals surface area contributed by atoms with Gasteiger partial charge in [0.25, 0.3) is 0 Å². The first-order valence-corrected chi connectivity index (χ1v) is 9.49. The van der Waals surface area contributed by atoms with E-state index in [4.69, 9.17) is 23.2 Å². The Balaban J connectivity index is 1.76. The van der Waals surface area contributed by atoms with Crippen LogP contribution in [0.4, 0.5) is 0 Å². The number of piperazine rings is 1. The van der Waals surface area contributed by atoms with Crippen molar-refractivity contribution in [2.75, 3.05) is 33.2 Å². The van der Waals surface area contributed by atoms with Gasteiger partial charge < -0.3 is 4.90 Å². The summed E-state index contributed by atoms with van der Waals surface area (Å²) in [5.74, 6) is 0. The summed E-state index contributed by atoms with van der Waals surface area (Å²) in [6.45, 7) is 3.71. The van der Waals surface area contributed by atoms with Gasteiger partial charge in [-0.05, 0) is 25.6 Å². The number of nitrogens with zero attached hydrogens (tertiary/aromatic N) is 2. The van der Waals surface area contributed by atoms with Crippen LogP contribution in [0.15, 0.2) is 23.1 Å². The van der Waals surface area contributed by atoms with Crippen LogP contribution in [0.25, 0.3) is 0 Å². The third-order valence-electron chi connectivity index (χ3n) is 4.33. The second-order valence-corrected chi connectivity index (χ2v) is 8.48. The normalized spacial score (nSPS) is 27.0. The average Bonchev–Trinajstić information content (AvgIpc) is 2.78. The summed E-state index contributed by atoms with van der Waals surface area (Å²) in [7, 11) is -1.62. The lowest BCUT2D eigenvalue weighted by molar-refractivity contribution is 0.124. The molecular formula is C14H19Cl2N3O2S. The van der Waals surface area contributed by atoms with Crippen LogP contribution in [-0.2, 0) is 10.0 Å². The molecule has 1 aromatic rings. The topological polar surface area (TPSA) is 52.6 Å². The summed E-state index contributed by atoms with van der Waals surface area (Å²) in [5.41, 5.74) is 0. The van der Waals surface area contributed by atoms with Crippen LogP contribution < -0.4 is 4.72 Å². The number of rotatable bonds is 3. The molecular weight excluding hydrogens is 345 g/mol. The molecule has 0 unspecified atom stereocenters. The Kier molecular flexibility index (Phi) is 4.69. The number of fused-ring (bicyclic) bond motifs is 1. The summed E-state index contributed by atoms with van der Waals surface area (Å²) in [4.78, 5) is 4.60. The average molecular weight is 364 g/mol. The van der Waals surface area contributed by atoms with Crippen molar-refractivity contribution in [2.45, 2.75) is 23.4 Å². The molecule has 0 bridgehead atoms. The molecule has 2 aliphatic rings. The van der Waals surface area contributed by atoms with Gasteiger partial charge in [0.05, 0.1) is 10.0 Å². The molecule has 0 aromatic heterocycles. The highest BCUT2D eigenvalue weighted by Crippen LogP contribution is 2.30. The van der Waals surface area contributed by atoms with Crippen molar-refractivity contribution in [3.8, 4) is 0 Å². The fourth-order valence-corrected chi connectivity index (χ4v) is 5.69. The lowest BCUT2D eigenvalue weighted by Gasteiger charge is -2.35. The maximum Gasteiger partial charge on any atom is 0.243 e. The number of nitrogens with one attached hydrogen (secondary N) is 1. The van der Waals surface area contributed by atoms with Gasteiger partial charge >= 0.3 is 0 Å². The molecule has 0 radical (unpaired) electrons. The van der Waals surface area contributed by atoms with Crippen LogP contribution in [0.3, 0.4) is 0 Å². The largest absolute Gasteiger partial charge is 0.304 e. The number of halogens is 2. The van der Waals surface area contributed by atoms with Crippen LogP contribution in [0.2, 0.25) is 10.0 Å². The van der Waals surface area contributed by atoms with E-state index in [0.29, 0.717) is 6.04 Å². The number of hydrogen-bond acceptors (Lipinski definition) is 4. The minimum absolute atomic E-state index is 0.0275. The highest BCUT2D eigenvalue weighted by atomic mass is 35.5. The molecule has 122 valence electrons. The Morgan fingerprint density at radius 3 is 2.55 bits per heavy atom. The molecule has 1 N–H and O–H groups in total. The van der Waals surface area contributed by atoms with Gasteiger partial charge in [0.2, 0.25) is 10.0 Å². The summed E-state index contributed by atoms with van der Waals surface area (Å²) < 4.78 is 27.9. The third-order valence-corrected chi connectivity index (χ3v) is 6.80. The van der Waals surface area contributed by atoms with E-state index < -0.39 is 10.0 Å². The minimum atomic E-state index is -3.72. The predicted molar refractivity (Wildman–Crippen MR) is 88.0 cm³/mol. The smallest absolute Gasteiger partial charge is 0.243 e. The highest BCUT2D eigenvalue weighted by Gasteiger charge is 2.37. The molecule has 1 aromatic carbocycles. The van der Waals surface area contributed by atoms with Crippen molar-refractivity contribution in [3.05, 3.63) is 28.2 Å². The minimum Gasteiger partial charge on any atom is -0.304 e. The van der Waals surface area contributed by atoms with Crippen LogP contribution in [0.1, 0.15) is 6.42 Å². The number of likely N-dealkylation sites (N-methyl/N-ethyl adjacent to an activating group) is 1. The monoisotopic (exact) mass is 363 g/mol. The van der Waals surface area contributed by atoms with E-state index >= 15 is 0 Å². The van der Waals surface area contributed by atoms with Gasteiger partial charge in [-0.2, -0.15) is 0 Å². The van der Waals surface area contributed by atoms with Crippen LogP contribution >= 0.6 is 23.2 Å². The Morgan fingerprint density at radius 1 is 1.18 bits per heavy atom. The van der Waals surface area contributed by atoms with Gasteiger partial charge in [0.1, 0.15) is 4.90 Å². The zero-order valence-electron chi connectivity index (χ0n) is 12.3. The molecule has 2 atom stereocenters. The first kappa shape index (κ1) is 16.5. The third kappa shape index (κ3) is 3.27. The van der Waals surface area contributed by atoms with Gasteiger partial charge in [-0.25, -0.2) is 13.1 Å². The lowest BCUT2D eigenvalue weighted by Crippen LogP contribution is -2.48. The van der Waals surface area contributed by atoms with Crippen molar-refractivity contribution in [1.82, 2.24) is 14.5 Å². The van der Waals surface area contributed by atoms with Crippen LogP contribution in [-0.4, -0.2) is 63.5 Å². The molecule has 0 amide bonds. The molecule has 5 nitrogen and oxygen atoms in total. The summed E-state index contributed by atoms with van der Waals surface area (Å²) in [6, 6.07) is 5.01. The van der Waals surface area contributed by atoms with Gasteiger partial charge in [-0.1, -0.05) is 29.3 Å². The summed E-state index contributed by atoms with van der Waals surface area (Å²) in [6.07, 6.45) is 0.811. The van der Waals surface area contributed by atoms with E-state index in [1.54, 1.807) is 6.07 Å². The molecule has 0 saturated carbocycles. The van der Waals surface area contributed by atoms with Crippen molar-refractivity contribution < 1.29 is 8.42 Å². The zero-order chi connectivity index (χ0) is 15.9. The Morgan fingerprint density at radius 2 is 1.86 bits per heavy atom. The molecule has 2 saturated heterocycles. The Hall–Kier alpha value is -0.370. The zero-order valence-corrected chi connectivity index (χ0v) is 14.6. The molecule has 8 heteroatoms. The molecule has 0 spiro atoms. The van der Waals surface area contributed by atoms with E-state index in [1.807, 2.05) is 0 Å². The maximum absolute atomic E-state index is 12.6. The van der Waals surface area contributed by atoms with Gasteiger partial charge in [0, 0.05) is 38.3 Å². The fraction of sp³-hybridized carbons (Fsp3) is 0.571. The molecule has 2 heterocycles. The number of benzene rings is 1. The van der Waals surface area contributed by atoms with Gasteiger partial charge in [0.15, 0.2) is 0 Å². The van der Waals surface area contributed by atoms with Crippen molar-refractivity contribution in [2.24, 2.45) is 0 Å². The van der Waals surface area contributed by atoms with E-state index in [1.165, 1.54) is 12.1 Å².